The zero-order chi connectivity index (χ0) is 16.3. The van der Waals surface area contributed by atoms with E-state index in [-0.39, 0.29) is 17.3 Å². The summed E-state index contributed by atoms with van der Waals surface area (Å²) in [6, 6.07) is 3.48. The van der Waals surface area contributed by atoms with Crippen LogP contribution < -0.4 is 0 Å². The maximum Gasteiger partial charge on any atom is 0.263 e. The Morgan fingerprint density at radius 1 is 1.27 bits per heavy atom. The molecule has 1 saturated heterocycles. The third-order valence-corrected chi connectivity index (χ3v) is 5.34. The summed E-state index contributed by atoms with van der Waals surface area (Å²) in [5.74, 6) is 0.0270. The largest absolute Gasteiger partial charge is 0.377 e. The predicted molar refractivity (Wildman–Crippen MR) is 87.8 cm³/mol. The van der Waals surface area contributed by atoms with Crippen LogP contribution in [0.5, 0.6) is 0 Å². The number of hydrogen-bond acceptors (Lipinski definition) is 5. The third kappa shape index (κ3) is 3.74. The lowest BCUT2D eigenvalue weighted by molar-refractivity contribution is -0.0653. The van der Waals surface area contributed by atoms with Gasteiger partial charge >= 0.3 is 0 Å². The topological polar surface area (TPSA) is 49.9 Å². The lowest BCUT2D eigenvalue weighted by Crippen LogP contribution is -2.52. The Balaban J connectivity index is 2.01. The van der Waals surface area contributed by atoms with E-state index in [1.165, 1.54) is 18.3 Å². The molecule has 22 heavy (non-hydrogen) atoms. The van der Waals surface area contributed by atoms with Gasteiger partial charge < -0.3 is 14.5 Å². The van der Waals surface area contributed by atoms with Crippen molar-refractivity contribution in [3.63, 3.8) is 0 Å². The van der Waals surface area contributed by atoms with Gasteiger partial charge in [0.2, 0.25) is 0 Å². The number of Topliss-reactive ketones (excluding diaryl/α,β-unsaturated/α-hetero) is 1. The van der Waals surface area contributed by atoms with Crippen molar-refractivity contribution in [3.05, 3.63) is 21.9 Å². The highest BCUT2D eigenvalue weighted by Crippen LogP contribution is 2.28. The van der Waals surface area contributed by atoms with Crippen LogP contribution in [0.15, 0.2) is 12.1 Å². The molecule has 1 aromatic heterocycles. The van der Waals surface area contributed by atoms with Crippen LogP contribution in [-0.4, -0.2) is 67.9 Å². The normalized spacial score (nSPS) is 17.8. The molecule has 0 N–H and O–H groups in total. The van der Waals surface area contributed by atoms with Crippen molar-refractivity contribution in [2.75, 3.05) is 40.8 Å². The molecule has 1 fully saturated rings. The maximum atomic E-state index is 12.5. The number of nitrogens with zero attached hydrogens (tertiary/aromatic N) is 2. The summed E-state index contributed by atoms with van der Waals surface area (Å²) in [4.78, 5) is 29.1. The Labute approximate surface area is 135 Å². The quantitative estimate of drug-likeness (QED) is 0.779. The highest BCUT2D eigenvalue weighted by molar-refractivity contribution is 7.15. The van der Waals surface area contributed by atoms with Gasteiger partial charge in [0.05, 0.1) is 15.4 Å². The first kappa shape index (κ1) is 17.1. The summed E-state index contributed by atoms with van der Waals surface area (Å²) >= 11 is 1.28. The van der Waals surface area contributed by atoms with E-state index in [9.17, 15) is 9.59 Å². The number of thiophene rings is 1. The van der Waals surface area contributed by atoms with Crippen molar-refractivity contribution in [1.82, 2.24) is 9.80 Å². The Hall–Kier alpha value is -1.24. The van der Waals surface area contributed by atoms with Crippen LogP contribution in [0, 0.1) is 0 Å². The Bertz CT molecular complexity index is 545. The minimum Gasteiger partial charge on any atom is -0.377 e. The van der Waals surface area contributed by atoms with Crippen LogP contribution in [0.3, 0.4) is 0 Å². The lowest BCUT2D eigenvalue weighted by atomic mass is 9.90. The summed E-state index contributed by atoms with van der Waals surface area (Å²) in [6.45, 7) is 3.76. The van der Waals surface area contributed by atoms with Crippen molar-refractivity contribution in [3.8, 4) is 0 Å². The predicted octanol–water partition coefficient (Wildman–Crippen LogP) is 2.13. The average Bonchev–Trinajstić information content (AvgIpc) is 2.96. The van der Waals surface area contributed by atoms with Crippen molar-refractivity contribution >= 4 is 23.0 Å². The van der Waals surface area contributed by atoms with Crippen LogP contribution in [0.4, 0.5) is 0 Å². The first-order valence-corrected chi connectivity index (χ1v) is 8.28. The molecule has 0 spiro atoms. The monoisotopic (exact) mass is 324 g/mol. The molecule has 122 valence electrons. The second kappa shape index (κ2) is 6.89. The van der Waals surface area contributed by atoms with E-state index in [0.717, 1.165) is 19.4 Å². The Morgan fingerprint density at radius 3 is 2.32 bits per heavy atom. The van der Waals surface area contributed by atoms with Gasteiger partial charge in [-0.25, -0.2) is 0 Å². The number of likely N-dealkylation sites (N-methyl/N-ethyl adjacent to an activating group) is 1. The maximum absolute atomic E-state index is 12.5. The molecule has 6 heteroatoms. The average molecular weight is 324 g/mol. The standard InChI is InChI=1S/C16H24N2O3S/c1-12(19)13-5-6-14(22-13)15(20)18-9-7-16(21-4,8-10-18)11-17(2)3/h5-6H,7-11H2,1-4H3. The van der Waals surface area contributed by atoms with E-state index in [1.807, 2.05) is 19.0 Å². The molecule has 0 bridgehead atoms. The number of likely N-dealkylation sites (tertiary alicyclic amines) is 1. The fraction of sp³-hybridized carbons (Fsp3) is 0.625. The number of carbonyl (C=O) groups is 2. The summed E-state index contributed by atoms with van der Waals surface area (Å²) in [5, 5.41) is 0. The molecule has 2 rings (SSSR count). The molecule has 5 nitrogen and oxygen atoms in total. The summed E-state index contributed by atoms with van der Waals surface area (Å²) in [6.07, 6.45) is 1.66. The van der Waals surface area contributed by atoms with Gasteiger partial charge in [-0.1, -0.05) is 0 Å². The molecule has 1 aliphatic rings. The van der Waals surface area contributed by atoms with Gasteiger partial charge in [-0.3, -0.25) is 9.59 Å². The number of rotatable bonds is 5. The molecular formula is C16H24N2O3S. The van der Waals surface area contributed by atoms with E-state index < -0.39 is 0 Å². The van der Waals surface area contributed by atoms with E-state index >= 15 is 0 Å². The Kier molecular flexibility index (Phi) is 5.36. The molecule has 0 unspecified atom stereocenters. The molecule has 2 heterocycles. The molecule has 0 aliphatic carbocycles. The first-order chi connectivity index (χ1) is 10.4. The fourth-order valence-corrected chi connectivity index (χ4v) is 3.79. The number of hydrogen-bond donors (Lipinski definition) is 0. The molecule has 0 aromatic carbocycles. The fourth-order valence-electron chi connectivity index (χ4n) is 2.92. The highest BCUT2D eigenvalue weighted by atomic mass is 32.1. The van der Waals surface area contributed by atoms with Crippen molar-refractivity contribution in [1.29, 1.82) is 0 Å². The van der Waals surface area contributed by atoms with Crippen molar-refractivity contribution in [2.24, 2.45) is 0 Å². The van der Waals surface area contributed by atoms with E-state index in [2.05, 4.69) is 4.90 Å². The van der Waals surface area contributed by atoms with Gasteiger partial charge in [-0.05, 0) is 46.0 Å². The lowest BCUT2D eigenvalue weighted by Gasteiger charge is -2.42. The second-order valence-corrected chi connectivity index (χ2v) is 7.22. The molecule has 1 aliphatic heterocycles. The number of amides is 1. The minimum absolute atomic E-state index is 0.00655. The van der Waals surface area contributed by atoms with E-state index in [0.29, 0.717) is 22.8 Å². The Morgan fingerprint density at radius 2 is 1.86 bits per heavy atom. The number of ether oxygens (including phenoxy) is 1. The number of carbonyl (C=O) groups excluding carboxylic acids is 2. The molecule has 0 radical (unpaired) electrons. The number of ketones is 1. The summed E-state index contributed by atoms with van der Waals surface area (Å²) in [7, 11) is 5.82. The van der Waals surface area contributed by atoms with Crippen LogP contribution >= 0.6 is 11.3 Å². The number of methoxy groups -OCH3 is 1. The molecule has 1 amide bonds. The SMILES string of the molecule is COC1(CN(C)C)CCN(C(=O)c2ccc(C(C)=O)s2)CC1. The van der Waals surface area contributed by atoms with Crippen molar-refractivity contribution < 1.29 is 14.3 Å². The van der Waals surface area contributed by atoms with E-state index in [4.69, 9.17) is 4.74 Å². The van der Waals surface area contributed by atoms with Crippen LogP contribution in [-0.2, 0) is 4.74 Å². The third-order valence-electron chi connectivity index (χ3n) is 4.16. The number of piperidine rings is 1. The molecule has 0 saturated carbocycles. The molecule has 1 aromatic rings. The van der Waals surface area contributed by atoms with Crippen molar-refractivity contribution in [2.45, 2.75) is 25.4 Å². The zero-order valence-electron chi connectivity index (χ0n) is 13.7. The van der Waals surface area contributed by atoms with E-state index in [1.54, 1.807) is 19.2 Å². The minimum atomic E-state index is -0.166. The molecule has 0 atom stereocenters. The van der Waals surface area contributed by atoms with Gasteiger partial charge in [0.1, 0.15) is 0 Å². The summed E-state index contributed by atoms with van der Waals surface area (Å²) < 4.78 is 5.74. The highest BCUT2D eigenvalue weighted by Gasteiger charge is 2.36. The second-order valence-electron chi connectivity index (χ2n) is 6.14. The van der Waals surface area contributed by atoms with Gasteiger partial charge in [-0.15, -0.1) is 11.3 Å². The van der Waals surface area contributed by atoms with Crippen LogP contribution in [0.1, 0.15) is 39.1 Å². The van der Waals surface area contributed by atoms with Gasteiger partial charge in [0, 0.05) is 26.7 Å². The molecular weight excluding hydrogens is 300 g/mol. The van der Waals surface area contributed by atoms with Crippen LogP contribution in [0.2, 0.25) is 0 Å². The smallest absolute Gasteiger partial charge is 0.263 e. The first-order valence-electron chi connectivity index (χ1n) is 7.47. The van der Waals surface area contributed by atoms with Gasteiger partial charge in [-0.2, -0.15) is 0 Å². The van der Waals surface area contributed by atoms with Crippen LogP contribution in [0.25, 0.3) is 0 Å². The van der Waals surface area contributed by atoms with Gasteiger partial charge in [0.25, 0.3) is 5.91 Å². The zero-order valence-corrected chi connectivity index (χ0v) is 14.5. The summed E-state index contributed by atoms with van der Waals surface area (Å²) in [5.41, 5.74) is -0.166. The van der Waals surface area contributed by atoms with Gasteiger partial charge in [0.15, 0.2) is 5.78 Å².